The van der Waals surface area contributed by atoms with Gasteiger partial charge in [0, 0.05) is 9.75 Å². The maximum atomic E-state index is 9.61. The molecule has 0 aliphatic carbocycles. The first-order valence-corrected chi connectivity index (χ1v) is 7.57. The number of benzene rings is 2. The van der Waals surface area contributed by atoms with Gasteiger partial charge in [-0.1, -0.05) is 30.3 Å². The van der Waals surface area contributed by atoms with E-state index in [-0.39, 0.29) is 6.61 Å². The van der Waals surface area contributed by atoms with Crippen molar-refractivity contribution in [3.05, 3.63) is 66.2 Å². The lowest BCUT2D eigenvalue weighted by Crippen LogP contribution is -1.82. The molecule has 0 radical (unpaired) electrons. The minimum absolute atomic E-state index is 0.0525. The molecule has 0 unspecified atom stereocenters. The molecule has 0 bridgehead atoms. The lowest BCUT2D eigenvalue weighted by molar-refractivity contribution is 0.283. The van der Waals surface area contributed by atoms with Crippen molar-refractivity contribution in [1.29, 1.82) is 0 Å². The van der Waals surface area contributed by atoms with Gasteiger partial charge < -0.3 is 9.84 Å². The molecule has 2 aromatic carbocycles. The van der Waals surface area contributed by atoms with E-state index >= 15 is 0 Å². The summed E-state index contributed by atoms with van der Waals surface area (Å²) in [5, 5.41) is 9.61. The molecule has 3 rings (SSSR count). The highest BCUT2D eigenvalue weighted by atomic mass is 32.1. The number of aliphatic hydroxyl groups excluding tert-OH is 1. The normalized spacial score (nSPS) is 10.6. The third kappa shape index (κ3) is 2.84. The van der Waals surface area contributed by atoms with E-state index in [0.29, 0.717) is 0 Å². The predicted octanol–water partition coefficient (Wildman–Crippen LogP) is 4.58. The summed E-state index contributed by atoms with van der Waals surface area (Å²) < 4.78 is 5.19. The summed E-state index contributed by atoms with van der Waals surface area (Å²) >= 11 is 1.70. The Kier molecular flexibility index (Phi) is 4.04. The second-order valence-corrected chi connectivity index (χ2v) is 5.77. The summed E-state index contributed by atoms with van der Waals surface area (Å²) in [5.74, 6) is 0.848. The standard InChI is InChI=1S/C18H16O2S/c1-20-16-9-7-13(8-10-16)17-11-15(12-19)18(21-17)14-5-3-2-4-6-14/h2-11,19H,12H2,1H3. The topological polar surface area (TPSA) is 29.5 Å². The molecule has 2 nitrogen and oxygen atoms in total. The van der Waals surface area contributed by atoms with Gasteiger partial charge >= 0.3 is 0 Å². The first kappa shape index (κ1) is 13.9. The number of thiophene rings is 1. The van der Waals surface area contributed by atoms with Crippen molar-refractivity contribution in [1.82, 2.24) is 0 Å². The third-order valence-corrected chi connectivity index (χ3v) is 4.67. The van der Waals surface area contributed by atoms with Crippen molar-refractivity contribution >= 4 is 11.3 Å². The Labute approximate surface area is 128 Å². The minimum atomic E-state index is 0.0525. The number of rotatable bonds is 4. The van der Waals surface area contributed by atoms with Gasteiger partial charge in [0.05, 0.1) is 13.7 Å². The van der Waals surface area contributed by atoms with Crippen LogP contribution in [0.3, 0.4) is 0 Å². The molecule has 1 heterocycles. The van der Waals surface area contributed by atoms with E-state index in [1.165, 1.54) is 0 Å². The average molecular weight is 296 g/mol. The molecule has 106 valence electrons. The molecule has 0 amide bonds. The quantitative estimate of drug-likeness (QED) is 0.763. The summed E-state index contributed by atoms with van der Waals surface area (Å²) in [6.45, 7) is 0.0525. The zero-order chi connectivity index (χ0) is 14.7. The minimum Gasteiger partial charge on any atom is -0.497 e. The molecule has 0 saturated carbocycles. The summed E-state index contributed by atoms with van der Waals surface area (Å²) in [6, 6.07) is 20.2. The molecular weight excluding hydrogens is 280 g/mol. The van der Waals surface area contributed by atoms with Crippen LogP contribution in [0.4, 0.5) is 0 Å². The third-order valence-electron chi connectivity index (χ3n) is 3.39. The Morgan fingerprint density at radius 2 is 1.67 bits per heavy atom. The van der Waals surface area contributed by atoms with Crippen LogP contribution < -0.4 is 4.74 Å². The van der Waals surface area contributed by atoms with E-state index in [9.17, 15) is 5.11 Å². The van der Waals surface area contributed by atoms with Gasteiger partial charge in [0.2, 0.25) is 0 Å². The average Bonchev–Trinajstić information content (AvgIpc) is 3.00. The number of hydrogen-bond acceptors (Lipinski definition) is 3. The summed E-state index contributed by atoms with van der Waals surface area (Å²) in [5.41, 5.74) is 3.25. The van der Waals surface area contributed by atoms with Crippen molar-refractivity contribution in [3.63, 3.8) is 0 Å². The van der Waals surface area contributed by atoms with Gasteiger partial charge in [-0.3, -0.25) is 0 Å². The van der Waals surface area contributed by atoms with Gasteiger partial charge in [0.15, 0.2) is 0 Å². The van der Waals surface area contributed by atoms with Crippen LogP contribution in [-0.4, -0.2) is 12.2 Å². The first-order chi connectivity index (χ1) is 10.3. The van der Waals surface area contributed by atoms with Crippen LogP contribution in [0.15, 0.2) is 60.7 Å². The zero-order valence-corrected chi connectivity index (χ0v) is 12.6. The Morgan fingerprint density at radius 3 is 2.29 bits per heavy atom. The molecule has 3 heteroatoms. The molecule has 1 N–H and O–H groups in total. The molecule has 0 saturated heterocycles. The molecule has 0 aliphatic heterocycles. The lowest BCUT2D eigenvalue weighted by atomic mass is 10.1. The summed E-state index contributed by atoms with van der Waals surface area (Å²) in [4.78, 5) is 2.28. The largest absolute Gasteiger partial charge is 0.497 e. The molecular formula is C18H16O2S. The maximum absolute atomic E-state index is 9.61. The highest BCUT2D eigenvalue weighted by Crippen LogP contribution is 2.38. The van der Waals surface area contributed by atoms with Crippen molar-refractivity contribution in [2.24, 2.45) is 0 Å². The second-order valence-electron chi connectivity index (χ2n) is 4.72. The molecule has 0 atom stereocenters. The van der Waals surface area contributed by atoms with E-state index in [0.717, 1.165) is 32.2 Å². The number of methoxy groups -OCH3 is 1. The van der Waals surface area contributed by atoms with Crippen LogP contribution in [-0.2, 0) is 6.61 Å². The van der Waals surface area contributed by atoms with Crippen molar-refractivity contribution in [2.45, 2.75) is 6.61 Å². The van der Waals surface area contributed by atoms with Crippen LogP contribution in [0, 0.1) is 0 Å². The summed E-state index contributed by atoms with van der Waals surface area (Å²) in [7, 11) is 1.66. The van der Waals surface area contributed by atoms with Crippen LogP contribution in [0.2, 0.25) is 0 Å². The Hall–Kier alpha value is -2.10. The van der Waals surface area contributed by atoms with Crippen LogP contribution in [0.5, 0.6) is 5.75 Å². The van der Waals surface area contributed by atoms with E-state index in [4.69, 9.17) is 4.74 Å². The van der Waals surface area contributed by atoms with E-state index in [2.05, 4.69) is 18.2 Å². The summed E-state index contributed by atoms with van der Waals surface area (Å²) in [6.07, 6.45) is 0. The molecule has 0 aliphatic rings. The molecule has 0 spiro atoms. The molecule has 21 heavy (non-hydrogen) atoms. The second kappa shape index (κ2) is 6.12. The number of hydrogen-bond donors (Lipinski definition) is 1. The lowest BCUT2D eigenvalue weighted by Gasteiger charge is -2.01. The van der Waals surface area contributed by atoms with E-state index in [1.54, 1.807) is 18.4 Å². The molecule has 1 aromatic heterocycles. The highest BCUT2D eigenvalue weighted by molar-refractivity contribution is 7.19. The fourth-order valence-corrected chi connectivity index (χ4v) is 3.46. The SMILES string of the molecule is COc1ccc(-c2cc(CO)c(-c3ccccc3)s2)cc1. The van der Waals surface area contributed by atoms with Gasteiger partial charge in [0.1, 0.15) is 5.75 Å². The van der Waals surface area contributed by atoms with Gasteiger partial charge in [-0.15, -0.1) is 11.3 Å². The smallest absolute Gasteiger partial charge is 0.118 e. The predicted molar refractivity (Wildman–Crippen MR) is 87.7 cm³/mol. The number of ether oxygens (including phenoxy) is 1. The van der Waals surface area contributed by atoms with Crippen molar-refractivity contribution in [3.8, 4) is 26.6 Å². The van der Waals surface area contributed by atoms with Crippen LogP contribution in [0.1, 0.15) is 5.56 Å². The number of aliphatic hydroxyl groups is 1. The van der Waals surface area contributed by atoms with Gasteiger partial charge in [-0.25, -0.2) is 0 Å². The van der Waals surface area contributed by atoms with Crippen molar-refractivity contribution < 1.29 is 9.84 Å². The fraction of sp³-hybridized carbons (Fsp3) is 0.111. The highest BCUT2D eigenvalue weighted by Gasteiger charge is 2.11. The molecule has 3 aromatic rings. The van der Waals surface area contributed by atoms with E-state index in [1.807, 2.05) is 42.5 Å². The van der Waals surface area contributed by atoms with Crippen LogP contribution in [0.25, 0.3) is 20.9 Å². The van der Waals surface area contributed by atoms with Gasteiger partial charge in [-0.05, 0) is 47.0 Å². The van der Waals surface area contributed by atoms with Crippen LogP contribution >= 0.6 is 11.3 Å². The Balaban J connectivity index is 2.02. The van der Waals surface area contributed by atoms with Gasteiger partial charge in [-0.2, -0.15) is 0 Å². The van der Waals surface area contributed by atoms with Gasteiger partial charge in [0.25, 0.3) is 0 Å². The maximum Gasteiger partial charge on any atom is 0.118 e. The zero-order valence-electron chi connectivity index (χ0n) is 11.7. The monoisotopic (exact) mass is 296 g/mol. The molecule has 0 fully saturated rings. The fourth-order valence-electron chi connectivity index (χ4n) is 2.28. The Morgan fingerprint density at radius 1 is 0.952 bits per heavy atom. The van der Waals surface area contributed by atoms with E-state index < -0.39 is 0 Å². The Bertz CT molecular complexity index is 715. The first-order valence-electron chi connectivity index (χ1n) is 6.75. The van der Waals surface area contributed by atoms with Crippen molar-refractivity contribution in [2.75, 3.05) is 7.11 Å².